The molecule has 2 nitrogen and oxygen atoms in total. The molecule has 1 N–H and O–H groups in total. The number of anilines is 1. The Labute approximate surface area is 115 Å². The molecule has 0 aromatic heterocycles. The fourth-order valence-electron chi connectivity index (χ4n) is 2.90. The molecule has 1 saturated carbocycles. The van der Waals surface area contributed by atoms with E-state index in [4.69, 9.17) is 0 Å². The Morgan fingerprint density at radius 1 is 1.32 bits per heavy atom. The fourth-order valence-corrected chi connectivity index (χ4v) is 2.90. The molecule has 2 rings (SSSR count). The normalized spacial score (nSPS) is 18.8. The van der Waals surface area contributed by atoms with Crippen molar-refractivity contribution in [2.24, 2.45) is 5.41 Å². The van der Waals surface area contributed by atoms with Crippen molar-refractivity contribution in [3.63, 3.8) is 0 Å². The number of aldehydes is 1. The van der Waals surface area contributed by atoms with Crippen molar-refractivity contribution in [1.82, 2.24) is 0 Å². The molecule has 0 atom stereocenters. The van der Waals surface area contributed by atoms with E-state index in [2.05, 4.69) is 37.9 Å². The zero-order valence-electron chi connectivity index (χ0n) is 11.9. The van der Waals surface area contributed by atoms with Crippen molar-refractivity contribution in [3.8, 4) is 0 Å². The standard InChI is InChI=1S/C17H23NO/c1-4-18-16-11-14(5-6-15(16)12-19)13-7-9-17(2,3)10-8-13/h4-6,11-13,18H,1,7-10H2,2-3H3. The van der Waals surface area contributed by atoms with Crippen LogP contribution in [-0.4, -0.2) is 6.29 Å². The maximum absolute atomic E-state index is 11.0. The maximum Gasteiger partial charge on any atom is 0.152 e. The van der Waals surface area contributed by atoms with Gasteiger partial charge in [0.25, 0.3) is 0 Å². The van der Waals surface area contributed by atoms with Gasteiger partial charge in [0.15, 0.2) is 6.29 Å². The third-order valence-corrected chi connectivity index (χ3v) is 4.27. The highest BCUT2D eigenvalue weighted by molar-refractivity contribution is 5.84. The van der Waals surface area contributed by atoms with E-state index < -0.39 is 0 Å². The quantitative estimate of drug-likeness (QED) is 0.789. The summed E-state index contributed by atoms with van der Waals surface area (Å²) in [4.78, 5) is 11.0. The smallest absolute Gasteiger partial charge is 0.152 e. The van der Waals surface area contributed by atoms with Crippen LogP contribution in [0.15, 0.2) is 31.0 Å². The van der Waals surface area contributed by atoms with Crippen molar-refractivity contribution in [2.45, 2.75) is 45.4 Å². The minimum Gasteiger partial charge on any atom is -0.362 e. The third-order valence-electron chi connectivity index (χ3n) is 4.27. The van der Waals surface area contributed by atoms with Gasteiger partial charge in [0.1, 0.15) is 0 Å². The molecule has 1 aliphatic rings. The van der Waals surface area contributed by atoms with Gasteiger partial charge in [-0.1, -0.05) is 26.5 Å². The Balaban J connectivity index is 2.19. The van der Waals surface area contributed by atoms with Gasteiger partial charge in [-0.05, 0) is 60.9 Å². The molecule has 2 heteroatoms. The number of hydrogen-bond donors (Lipinski definition) is 1. The highest BCUT2D eigenvalue weighted by Gasteiger charge is 2.27. The highest BCUT2D eigenvalue weighted by Crippen LogP contribution is 2.42. The number of carbonyl (C=O) groups excluding carboxylic acids is 1. The molecule has 1 aliphatic carbocycles. The second kappa shape index (κ2) is 5.60. The summed E-state index contributed by atoms with van der Waals surface area (Å²) in [6.07, 6.45) is 7.53. The minimum absolute atomic E-state index is 0.488. The topological polar surface area (TPSA) is 29.1 Å². The average molecular weight is 257 g/mol. The van der Waals surface area contributed by atoms with Gasteiger partial charge >= 0.3 is 0 Å². The van der Waals surface area contributed by atoms with Crippen LogP contribution in [0.2, 0.25) is 0 Å². The van der Waals surface area contributed by atoms with Gasteiger partial charge in [0, 0.05) is 11.3 Å². The molecule has 0 heterocycles. The first-order valence-corrected chi connectivity index (χ1v) is 7.02. The van der Waals surface area contributed by atoms with Crippen molar-refractivity contribution in [2.75, 3.05) is 5.32 Å². The summed E-state index contributed by atoms with van der Waals surface area (Å²) in [6.45, 7) is 8.37. The number of benzene rings is 1. The molecule has 0 radical (unpaired) electrons. The van der Waals surface area contributed by atoms with Crippen molar-refractivity contribution in [1.29, 1.82) is 0 Å². The van der Waals surface area contributed by atoms with E-state index in [9.17, 15) is 4.79 Å². The summed E-state index contributed by atoms with van der Waals surface area (Å²) in [5.74, 6) is 0.624. The lowest BCUT2D eigenvalue weighted by Crippen LogP contribution is -2.20. The predicted molar refractivity (Wildman–Crippen MR) is 80.6 cm³/mol. The van der Waals surface area contributed by atoms with Crippen LogP contribution in [0.1, 0.15) is 61.4 Å². The van der Waals surface area contributed by atoms with Gasteiger partial charge in [0.05, 0.1) is 0 Å². The molecule has 0 aliphatic heterocycles. The van der Waals surface area contributed by atoms with Crippen molar-refractivity contribution in [3.05, 3.63) is 42.1 Å². The monoisotopic (exact) mass is 257 g/mol. The Kier molecular flexibility index (Phi) is 4.08. The van der Waals surface area contributed by atoms with Gasteiger partial charge in [-0.2, -0.15) is 0 Å². The largest absolute Gasteiger partial charge is 0.362 e. The van der Waals surface area contributed by atoms with Gasteiger partial charge in [0.2, 0.25) is 0 Å². The first-order chi connectivity index (χ1) is 9.05. The molecule has 0 spiro atoms. The van der Waals surface area contributed by atoms with E-state index in [0.717, 1.165) is 12.0 Å². The molecule has 0 saturated heterocycles. The lowest BCUT2D eigenvalue weighted by atomic mass is 9.71. The zero-order valence-corrected chi connectivity index (χ0v) is 11.9. The highest BCUT2D eigenvalue weighted by atomic mass is 16.1. The summed E-state index contributed by atoms with van der Waals surface area (Å²) in [5.41, 5.74) is 3.39. The fraction of sp³-hybridized carbons (Fsp3) is 0.471. The molecule has 0 amide bonds. The van der Waals surface area contributed by atoms with Crippen LogP contribution in [0.4, 0.5) is 5.69 Å². The van der Waals surface area contributed by atoms with Crippen LogP contribution in [0.3, 0.4) is 0 Å². The van der Waals surface area contributed by atoms with Gasteiger partial charge in [-0.15, -0.1) is 0 Å². The van der Waals surface area contributed by atoms with Gasteiger partial charge in [-0.25, -0.2) is 0 Å². The van der Waals surface area contributed by atoms with E-state index in [0.29, 0.717) is 16.9 Å². The molecule has 1 aromatic carbocycles. The molecular formula is C17H23NO. The van der Waals surface area contributed by atoms with Crippen molar-refractivity contribution < 1.29 is 4.79 Å². The van der Waals surface area contributed by atoms with Gasteiger partial charge in [-0.3, -0.25) is 4.79 Å². The minimum atomic E-state index is 0.488. The van der Waals surface area contributed by atoms with Crippen LogP contribution >= 0.6 is 0 Å². The Morgan fingerprint density at radius 2 is 2.00 bits per heavy atom. The summed E-state index contributed by atoms with van der Waals surface area (Å²) in [7, 11) is 0. The maximum atomic E-state index is 11.0. The molecule has 1 fully saturated rings. The molecule has 19 heavy (non-hydrogen) atoms. The van der Waals surface area contributed by atoms with E-state index in [1.54, 1.807) is 6.20 Å². The zero-order chi connectivity index (χ0) is 13.9. The summed E-state index contributed by atoms with van der Waals surface area (Å²) >= 11 is 0. The Morgan fingerprint density at radius 3 is 2.58 bits per heavy atom. The van der Waals surface area contributed by atoms with Crippen LogP contribution in [0.25, 0.3) is 0 Å². The van der Waals surface area contributed by atoms with E-state index in [-0.39, 0.29) is 0 Å². The second-order valence-electron chi connectivity index (χ2n) is 6.25. The number of nitrogens with one attached hydrogen (secondary N) is 1. The van der Waals surface area contributed by atoms with Crippen LogP contribution in [0.5, 0.6) is 0 Å². The van der Waals surface area contributed by atoms with Crippen LogP contribution in [0, 0.1) is 5.41 Å². The van der Waals surface area contributed by atoms with Gasteiger partial charge < -0.3 is 5.32 Å². The van der Waals surface area contributed by atoms with E-state index in [1.807, 2.05) is 6.07 Å². The summed E-state index contributed by atoms with van der Waals surface area (Å²) in [5, 5.41) is 3.06. The van der Waals surface area contributed by atoms with Crippen LogP contribution < -0.4 is 5.32 Å². The summed E-state index contributed by atoms with van der Waals surface area (Å²) in [6, 6.07) is 6.11. The molecule has 102 valence electrons. The number of rotatable bonds is 4. The number of carbonyl (C=O) groups is 1. The SMILES string of the molecule is C=CNc1cc(C2CCC(C)(C)CC2)ccc1C=O. The summed E-state index contributed by atoms with van der Waals surface area (Å²) < 4.78 is 0. The number of hydrogen-bond acceptors (Lipinski definition) is 2. The molecule has 0 unspecified atom stereocenters. The Hall–Kier alpha value is -1.57. The predicted octanol–water partition coefficient (Wildman–Crippen LogP) is 4.74. The van der Waals surface area contributed by atoms with Crippen molar-refractivity contribution >= 4 is 12.0 Å². The third kappa shape index (κ3) is 3.25. The Bertz CT molecular complexity index is 466. The average Bonchev–Trinajstić information content (AvgIpc) is 2.39. The van der Waals surface area contributed by atoms with Crippen LogP contribution in [-0.2, 0) is 0 Å². The second-order valence-corrected chi connectivity index (χ2v) is 6.25. The van der Waals surface area contributed by atoms with E-state index >= 15 is 0 Å². The lowest BCUT2D eigenvalue weighted by molar-refractivity contribution is 0.112. The molecular weight excluding hydrogens is 234 g/mol. The first-order valence-electron chi connectivity index (χ1n) is 7.02. The van der Waals surface area contributed by atoms with E-state index in [1.165, 1.54) is 31.2 Å². The molecule has 0 bridgehead atoms. The lowest BCUT2D eigenvalue weighted by Gasteiger charge is -2.34. The molecule has 1 aromatic rings. The first kappa shape index (κ1) is 13.9.